The highest BCUT2D eigenvalue weighted by atomic mass is 16.6. The van der Waals surface area contributed by atoms with Crippen molar-refractivity contribution in [3.05, 3.63) is 35.9 Å². The van der Waals surface area contributed by atoms with Crippen molar-refractivity contribution in [1.29, 1.82) is 0 Å². The van der Waals surface area contributed by atoms with Crippen LogP contribution in [0.1, 0.15) is 5.56 Å². The monoisotopic (exact) mass is 266 g/mol. The molecule has 0 radical (unpaired) electrons. The third-order valence-corrected chi connectivity index (χ3v) is 2.72. The van der Waals surface area contributed by atoms with Crippen molar-refractivity contribution in [2.45, 2.75) is 19.1 Å². The first-order valence-corrected chi connectivity index (χ1v) is 6.75. The van der Waals surface area contributed by atoms with Crippen LogP contribution in [0, 0.1) is 6.92 Å². The van der Waals surface area contributed by atoms with E-state index in [1.54, 1.807) is 0 Å². The lowest BCUT2D eigenvalue weighted by molar-refractivity contribution is 0.0366. The normalized spacial score (nSPS) is 23.4. The highest BCUT2D eigenvalue weighted by molar-refractivity contribution is 5.11. The summed E-state index contributed by atoms with van der Waals surface area (Å²) in [5.74, 6) is 0. The molecule has 1 aromatic carbocycles. The molecule has 0 N–H and O–H groups in total. The van der Waals surface area contributed by atoms with Gasteiger partial charge in [0, 0.05) is 0 Å². The van der Waals surface area contributed by atoms with Gasteiger partial charge < -0.3 is 18.9 Å². The van der Waals surface area contributed by atoms with Crippen molar-refractivity contribution in [2.75, 3.05) is 39.6 Å². The number of epoxide rings is 2. The fraction of sp³-hybridized carbons (Fsp3) is 0.600. The van der Waals surface area contributed by atoms with Gasteiger partial charge in [-0.05, 0) is 6.92 Å². The molecular formula is C15H22O4. The molecule has 3 rings (SSSR count). The molecule has 2 atom stereocenters. The summed E-state index contributed by atoms with van der Waals surface area (Å²) < 4.78 is 20.5. The molecular weight excluding hydrogens is 244 g/mol. The molecule has 2 fully saturated rings. The van der Waals surface area contributed by atoms with Gasteiger partial charge in [-0.1, -0.05) is 35.9 Å². The minimum atomic E-state index is 0.358. The molecule has 2 unspecified atom stereocenters. The smallest absolute Gasteiger partial charge is 0.104 e. The van der Waals surface area contributed by atoms with Gasteiger partial charge in [0.05, 0.1) is 39.6 Å². The Morgan fingerprint density at radius 3 is 1.74 bits per heavy atom. The molecule has 2 aliphatic heterocycles. The summed E-state index contributed by atoms with van der Waals surface area (Å²) in [5, 5.41) is 0. The second-order valence-corrected chi connectivity index (χ2v) is 4.72. The van der Waals surface area contributed by atoms with Gasteiger partial charge in [0.2, 0.25) is 0 Å². The Balaban J connectivity index is 0.000000163. The zero-order valence-electron chi connectivity index (χ0n) is 11.4. The maximum atomic E-state index is 5.27. The topological polar surface area (TPSA) is 43.5 Å². The highest BCUT2D eigenvalue weighted by Crippen LogP contribution is 2.09. The summed E-state index contributed by atoms with van der Waals surface area (Å²) in [7, 11) is 0. The van der Waals surface area contributed by atoms with E-state index in [2.05, 4.69) is 19.1 Å². The summed E-state index contributed by atoms with van der Waals surface area (Å²) in [4.78, 5) is 0. The van der Waals surface area contributed by atoms with Crippen molar-refractivity contribution in [3.63, 3.8) is 0 Å². The molecule has 2 heterocycles. The number of hydrogen-bond acceptors (Lipinski definition) is 4. The van der Waals surface area contributed by atoms with Crippen LogP contribution in [0.5, 0.6) is 0 Å². The third kappa shape index (κ3) is 7.95. The number of rotatable bonds is 7. The first-order valence-electron chi connectivity index (χ1n) is 6.75. The zero-order valence-corrected chi connectivity index (χ0v) is 11.4. The van der Waals surface area contributed by atoms with E-state index < -0.39 is 0 Å². The quantitative estimate of drug-likeness (QED) is 0.557. The van der Waals surface area contributed by atoms with Crippen molar-refractivity contribution < 1.29 is 18.9 Å². The molecule has 106 valence electrons. The van der Waals surface area contributed by atoms with Gasteiger partial charge in [-0.15, -0.1) is 0 Å². The fourth-order valence-electron chi connectivity index (χ4n) is 1.41. The molecule has 2 saturated heterocycles. The van der Waals surface area contributed by atoms with Crippen LogP contribution in [-0.2, 0) is 18.9 Å². The molecule has 0 saturated carbocycles. The van der Waals surface area contributed by atoms with Crippen LogP contribution < -0.4 is 0 Å². The first kappa shape index (κ1) is 14.5. The van der Waals surface area contributed by atoms with Gasteiger partial charge in [0.15, 0.2) is 0 Å². The highest BCUT2D eigenvalue weighted by Gasteiger charge is 2.23. The molecule has 19 heavy (non-hydrogen) atoms. The van der Waals surface area contributed by atoms with Crippen LogP contribution in [0.3, 0.4) is 0 Å². The molecule has 1 aromatic rings. The minimum Gasteiger partial charge on any atom is -0.376 e. The largest absolute Gasteiger partial charge is 0.376 e. The van der Waals surface area contributed by atoms with E-state index in [9.17, 15) is 0 Å². The van der Waals surface area contributed by atoms with E-state index in [4.69, 9.17) is 18.9 Å². The van der Waals surface area contributed by atoms with E-state index in [0.717, 1.165) is 13.2 Å². The third-order valence-electron chi connectivity index (χ3n) is 2.72. The second-order valence-electron chi connectivity index (χ2n) is 4.72. The van der Waals surface area contributed by atoms with E-state index in [1.807, 2.05) is 18.2 Å². The number of ether oxygens (including phenoxy) is 4. The SMILES string of the molecule is C(COCC1CO1)OCC1CO1.Cc1ccccc1. The average Bonchev–Trinajstić information content (AvgIpc) is 3.29. The fourth-order valence-corrected chi connectivity index (χ4v) is 1.41. The molecule has 0 bridgehead atoms. The van der Waals surface area contributed by atoms with Crippen LogP contribution >= 0.6 is 0 Å². The predicted octanol–water partition coefficient (Wildman–Crippen LogP) is 1.81. The Hall–Kier alpha value is -0.940. The van der Waals surface area contributed by atoms with E-state index in [-0.39, 0.29) is 0 Å². The van der Waals surface area contributed by atoms with E-state index in [0.29, 0.717) is 38.6 Å². The van der Waals surface area contributed by atoms with Crippen molar-refractivity contribution in [2.24, 2.45) is 0 Å². The summed E-state index contributed by atoms with van der Waals surface area (Å²) in [6.45, 7) is 6.54. The summed E-state index contributed by atoms with van der Waals surface area (Å²) in [5.41, 5.74) is 1.32. The van der Waals surface area contributed by atoms with Gasteiger partial charge in [0.1, 0.15) is 12.2 Å². The first-order chi connectivity index (χ1) is 9.34. The number of hydrogen-bond donors (Lipinski definition) is 0. The molecule has 0 spiro atoms. The Kier molecular flexibility index (Phi) is 6.30. The minimum absolute atomic E-state index is 0.358. The lowest BCUT2D eigenvalue weighted by Crippen LogP contribution is -2.10. The Morgan fingerprint density at radius 2 is 1.42 bits per heavy atom. The van der Waals surface area contributed by atoms with Crippen LogP contribution in [0.25, 0.3) is 0 Å². The van der Waals surface area contributed by atoms with Crippen LogP contribution in [0.2, 0.25) is 0 Å². The predicted molar refractivity (Wildman–Crippen MR) is 72.3 cm³/mol. The van der Waals surface area contributed by atoms with Gasteiger partial charge in [0.25, 0.3) is 0 Å². The lowest BCUT2D eigenvalue weighted by Gasteiger charge is -2.02. The van der Waals surface area contributed by atoms with Gasteiger partial charge >= 0.3 is 0 Å². The molecule has 2 aliphatic rings. The number of aryl methyl sites for hydroxylation is 1. The van der Waals surface area contributed by atoms with Gasteiger partial charge in [-0.3, -0.25) is 0 Å². The molecule has 4 nitrogen and oxygen atoms in total. The molecule has 4 heteroatoms. The standard InChI is InChI=1S/C8H14O4.C7H8/c1(9-3-7-5-11-7)2-10-4-8-6-12-8;1-7-5-3-2-4-6-7/h7-8H,1-6H2;2-6H,1H3. The van der Waals surface area contributed by atoms with Crippen molar-refractivity contribution in [3.8, 4) is 0 Å². The van der Waals surface area contributed by atoms with Gasteiger partial charge in [-0.25, -0.2) is 0 Å². The van der Waals surface area contributed by atoms with E-state index in [1.165, 1.54) is 5.56 Å². The Labute approximate surface area is 114 Å². The molecule has 0 amide bonds. The van der Waals surface area contributed by atoms with Crippen molar-refractivity contribution >= 4 is 0 Å². The Morgan fingerprint density at radius 1 is 0.947 bits per heavy atom. The summed E-state index contributed by atoms with van der Waals surface area (Å²) in [6.07, 6.45) is 0.716. The average molecular weight is 266 g/mol. The summed E-state index contributed by atoms with van der Waals surface area (Å²) in [6, 6.07) is 10.3. The lowest BCUT2D eigenvalue weighted by atomic mass is 10.2. The van der Waals surface area contributed by atoms with E-state index >= 15 is 0 Å². The van der Waals surface area contributed by atoms with Crippen LogP contribution in [-0.4, -0.2) is 51.8 Å². The van der Waals surface area contributed by atoms with Crippen LogP contribution in [0.4, 0.5) is 0 Å². The summed E-state index contributed by atoms with van der Waals surface area (Å²) >= 11 is 0. The molecule has 0 aromatic heterocycles. The second kappa shape index (κ2) is 8.27. The maximum Gasteiger partial charge on any atom is 0.104 e. The maximum absolute atomic E-state index is 5.27. The number of benzene rings is 1. The van der Waals surface area contributed by atoms with Crippen molar-refractivity contribution in [1.82, 2.24) is 0 Å². The van der Waals surface area contributed by atoms with Crippen LogP contribution in [0.15, 0.2) is 30.3 Å². The molecule has 0 aliphatic carbocycles. The Bertz CT molecular complexity index is 317. The zero-order chi connectivity index (χ0) is 13.3. The van der Waals surface area contributed by atoms with Gasteiger partial charge in [-0.2, -0.15) is 0 Å².